The van der Waals surface area contributed by atoms with E-state index in [2.05, 4.69) is 59.0 Å². The van der Waals surface area contributed by atoms with Crippen LogP contribution in [0.2, 0.25) is 5.02 Å². The molecule has 0 aliphatic carbocycles. The second kappa shape index (κ2) is 12.1. The summed E-state index contributed by atoms with van der Waals surface area (Å²) in [5, 5.41) is 9.74. The van der Waals surface area contributed by atoms with Crippen LogP contribution >= 0.6 is 11.6 Å². The number of rotatable bonds is 6. The van der Waals surface area contributed by atoms with Gasteiger partial charge in [0.25, 0.3) is 0 Å². The van der Waals surface area contributed by atoms with E-state index in [4.69, 9.17) is 21.6 Å². The van der Waals surface area contributed by atoms with E-state index in [0.717, 1.165) is 50.5 Å². The Morgan fingerprint density at radius 3 is 2.38 bits per heavy atom. The van der Waals surface area contributed by atoms with Gasteiger partial charge in [0.1, 0.15) is 17.6 Å². The number of ether oxygens (including phenoxy) is 1. The van der Waals surface area contributed by atoms with Gasteiger partial charge in [-0.2, -0.15) is 5.26 Å². The fourth-order valence-corrected chi connectivity index (χ4v) is 6.09. The van der Waals surface area contributed by atoms with Crippen LogP contribution in [-0.2, 0) is 4.79 Å². The maximum absolute atomic E-state index is 13.7. The van der Waals surface area contributed by atoms with Crippen molar-refractivity contribution in [1.82, 2.24) is 9.88 Å². The number of halogens is 1. The van der Waals surface area contributed by atoms with Gasteiger partial charge in [-0.05, 0) is 75.1 Å². The number of carbonyl (C=O) groups is 1. The van der Waals surface area contributed by atoms with E-state index in [0.29, 0.717) is 17.1 Å². The van der Waals surface area contributed by atoms with Crippen molar-refractivity contribution in [2.24, 2.45) is 11.8 Å². The number of piperidine rings is 2. The molecule has 3 heterocycles. The van der Waals surface area contributed by atoms with Crippen molar-refractivity contribution in [3.05, 3.63) is 88.6 Å². The minimum Gasteiger partial charge on any atom is -0.490 e. The van der Waals surface area contributed by atoms with Gasteiger partial charge in [-0.25, -0.2) is 4.98 Å². The lowest BCUT2D eigenvalue weighted by Gasteiger charge is -2.43. The Labute approximate surface area is 236 Å². The number of likely N-dealkylation sites (tertiary alicyclic amines) is 1. The second-order valence-corrected chi connectivity index (χ2v) is 11.2. The van der Waals surface area contributed by atoms with Gasteiger partial charge >= 0.3 is 0 Å². The lowest BCUT2D eigenvalue weighted by Crippen LogP contribution is -2.49. The SMILES string of the molecule is Cc1ccc(OC(C)C2CCN(C(=O)C3CCN(c4ccc(C#N)cn4)CC3)CC2c2ccc(Cl)cc2)cc1. The van der Waals surface area contributed by atoms with Crippen molar-refractivity contribution in [3.8, 4) is 11.8 Å². The van der Waals surface area contributed by atoms with Gasteiger partial charge in [-0.1, -0.05) is 41.4 Å². The first-order chi connectivity index (χ1) is 18.9. The van der Waals surface area contributed by atoms with Crippen LogP contribution in [0, 0.1) is 30.1 Å². The van der Waals surface area contributed by atoms with Gasteiger partial charge in [0.2, 0.25) is 5.91 Å². The van der Waals surface area contributed by atoms with Crippen LogP contribution in [0.5, 0.6) is 5.75 Å². The highest BCUT2D eigenvalue weighted by molar-refractivity contribution is 6.30. The highest BCUT2D eigenvalue weighted by Gasteiger charge is 2.38. The molecule has 2 saturated heterocycles. The Bertz CT molecular complexity index is 1300. The average molecular weight is 543 g/mol. The van der Waals surface area contributed by atoms with Crippen LogP contribution in [-0.4, -0.2) is 48.1 Å². The topological polar surface area (TPSA) is 69.5 Å². The number of nitrogens with zero attached hydrogens (tertiary/aromatic N) is 4. The van der Waals surface area contributed by atoms with Gasteiger partial charge in [0.05, 0.1) is 11.7 Å². The molecule has 6 nitrogen and oxygen atoms in total. The number of nitriles is 1. The quantitative estimate of drug-likeness (QED) is 0.369. The molecule has 2 fully saturated rings. The summed E-state index contributed by atoms with van der Waals surface area (Å²) in [4.78, 5) is 22.4. The van der Waals surface area contributed by atoms with Crippen molar-refractivity contribution in [1.29, 1.82) is 5.26 Å². The summed E-state index contributed by atoms with van der Waals surface area (Å²) in [5.74, 6) is 2.47. The first-order valence-electron chi connectivity index (χ1n) is 13.8. The molecule has 0 spiro atoms. The third-order valence-electron chi connectivity index (χ3n) is 8.27. The Balaban J connectivity index is 1.25. The zero-order valence-corrected chi connectivity index (χ0v) is 23.3. The van der Waals surface area contributed by atoms with Crippen molar-refractivity contribution >= 4 is 23.3 Å². The highest BCUT2D eigenvalue weighted by Crippen LogP contribution is 2.38. The molecular weight excluding hydrogens is 508 g/mol. The zero-order valence-electron chi connectivity index (χ0n) is 22.6. The van der Waals surface area contributed by atoms with Gasteiger partial charge in [0, 0.05) is 55.2 Å². The molecule has 2 aliphatic heterocycles. The number of anilines is 1. The van der Waals surface area contributed by atoms with Crippen LogP contribution in [0.15, 0.2) is 66.9 Å². The van der Waals surface area contributed by atoms with E-state index in [1.54, 1.807) is 12.3 Å². The fourth-order valence-electron chi connectivity index (χ4n) is 5.97. The number of pyridine rings is 1. The number of aromatic nitrogens is 1. The molecule has 2 aromatic carbocycles. The summed E-state index contributed by atoms with van der Waals surface area (Å²) < 4.78 is 6.41. The molecule has 7 heteroatoms. The van der Waals surface area contributed by atoms with Crippen LogP contribution in [0.4, 0.5) is 5.82 Å². The molecule has 3 unspecified atom stereocenters. The summed E-state index contributed by atoms with van der Waals surface area (Å²) >= 11 is 6.21. The van der Waals surface area contributed by atoms with Crippen LogP contribution < -0.4 is 9.64 Å². The Hall–Kier alpha value is -3.56. The molecule has 0 saturated carbocycles. The molecule has 202 valence electrons. The Kier molecular flexibility index (Phi) is 8.38. The molecule has 0 radical (unpaired) electrons. The molecule has 39 heavy (non-hydrogen) atoms. The van der Waals surface area contributed by atoms with Gasteiger partial charge in [0.15, 0.2) is 0 Å². The normalized spacial score (nSPS) is 20.8. The number of hydrogen-bond acceptors (Lipinski definition) is 5. The van der Waals surface area contributed by atoms with Crippen LogP contribution in [0.25, 0.3) is 0 Å². The maximum Gasteiger partial charge on any atom is 0.225 e. The summed E-state index contributed by atoms with van der Waals surface area (Å²) in [6, 6.07) is 22.1. The number of hydrogen-bond donors (Lipinski definition) is 0. The molecule has 0 bridgehead atoms. The van der Waals surface area contributed by atoms with Gasteiger partial charge in [-0.3, -0.25) is 4.79 Å². The molecule has 3 atom stereocenters. The smallest absolute Gasteiger partial charge is 0.225 e. The molecular formula is C32H35ClN4O2. The minimum absolute atomic E-state index is 0.00815. The van der Waals surface area contributed by atoms with E-state index < -0.39 is 0 Å². The third-order valence-corrected chi connectivity index (χ3v) is 8.52. The van der Waals surface area contributed by atoms with E-state index in [1.807, 2.05) is 30.3 Å². The van der Waals surface area contributed by atoms with Gasteiger partial charge < -0.3 is 14.5 Å². The summed E-state index contributed by atoms with van der Waals surface area (Å²) in [7, 11) is 0. The molecule has 1 aromatic heterocycles. The van der Waals surface area contributed by atoms with Gasteiger partial charge in [-0.15, -0.1) is 0 Å². The number of carbonyl (C=O) groups excluding carboxylic acids is 1. The van der Waals surface area contributed by atoms with Crippen molar-refractivity contribution in [2.45, 2.75) is 45.1 Å². The van der Waals surface area contributed by atoms with Crippen LogP contribution in [0.1, 0.15) is 48.8 Å². The lowest BCUT2D eigenvalue weighted by atomic mass is 9.77. The van der Waals surface area contributed by atoms with Crippen molar-refractivity contribution in [3.63, 3.8) is 0 Å². The summed E-state index contributed by atoms with van der Waals surface area (Å²) in [6.45, 7) is 7.22. The fraction of sp³-hybridized carbons (Fsp3) is 0.406. The highest BCUT2D eigenvalue weighted by atomic mass is 35.5. The largest absolute Gasteiger partial charge is 0.490 e. The predicted octanol–water partition coefficient (Wildman–Crippen LogP) is 6.23. The van der Waals surface area contributed by atoms with E-state index in [-0.39, 0.29) is 29.8 Å². The average Bonchev–Trinajstić information content (AvgIpc) is 2.98. The standard InChI is InChI=1S/C32H35ClN4O2/c1-22-3-10-28(11-4-22)39-23(2)29-15-18-37(21-30(29)25-6-8-27(33)9-7-25)32(38)26-13-16-36(17-14-26)31-12-5-24(19-34)20-35-31/h3-12,20,23,26,29-30H,13-18,21H2,1-2H3. The molecule has 1 amide bonds. The minimum atomic E-state index is 0.00815. The summed E-state index contributed by atoms with van der Waals surface area (Å²) in [6.07, 6.45) is 4.11. The lowest BCUT2D eigenvalue weighted by molar-refractivity contribution is -0.138. The third kappa shape index (κ3) is 6.37. The predicted molar refractivity (Wildman–Crippen MR) is 154 cm³/mol. The van der Waals surface area contributed by atoms with Crippen molar-refractivity contribution < 1.29 is 9.53 Å². The number of amides is 1. The number of aryl methyl sites for hydroxylation is 1. The molecule has 3 aromatic rings. The van der Waals surface area contributed by atoms with E-state index >= 15 is 0 Å². The van der Waals surface area contributed by atoms with Crippen molar-refractivity contribution in [2.75, 3.05) is 31.1 Å². The van der Waals surface area contributed by atoms with Crippen LogP contribution in [0.3, 0.4) is 0 Å². The van der Waals surface area contributed by atoms with E-state index in [9.17, 15) is 4.79 Å². The maximum atomic E-state index is 13.7. The first-order valence-corrected chi connectivity index (χ1v) is 14.2. The number of benzene rings is 2. The molecule has 5 rings (SSSR count). The Morgan fingerprint density at radius 2 is 1.74 bits per heavy atom. The van der Waals surface area contributed by atoms with E-state index in [1.165, 1.54) is 11.1 Å². The second-order valence-electron chi connectivity index (χ2n) is 10.8. The molecule has 0 N–H and O–H groups in total. The zero-order chi connectivity index (χ0) is 27.4. The Morgan fingerprint density at radius 1 is 1.03 bits per heavy atom. The monoisotopic (exact) mass is 542 g/mol. The first kappa shape index (κ1) is 27.0. The summed E-state index contributed by atoms with van der Waals surface area (Å²) in [5.41, 5.74) is 2.96. The molecule has 2 aliphatic rings.